The molecule has 11 heavy (non-hydrogen) atoms. The molecule has 0 aromatic carbocycles. The molecule has 2 nitrogen and oxygen atoms in total. The van der Waals surface area contributed by atoms with Gasteiger partial charge in [0, 0.05) is 11.6 Å². The predicted molar refractivity (Wildman–Crippen MR) is 49.5 cm³/mol. The molecule has 0 aliphatic carbocycles. The maximum Gasteiger partial charge on any atom is 0.223 e. The second kappa shape index (κ2) is 2.95. The number of aliphatic imine (C=N–C) groups is 2. The number of nitrogens with zero attached hydrogens (tertiary/aromatic N) is 2. The molecule has 1 aliphatic heterocycles. The van der Waals surface area contributed by atoms with E-state index >= 15 is 0 Å². The van der Waals surface area contributed by atoms with Crippen molar-refractivity contribution < 1.29 is 0 Å². The minimum atomic E-state index is -0.262. The van der Waals surface area contributed by atoms with Gasteiger partial charge in [-0.05, 0) is 25.4 Å². The average Bonchev–Trinajstić information content (AvgIpc) is 1.94. The Hall–Kier alpha value is -0.340. The molecule has 0 bridgehead atoms. The van der Waals surface area contributed by atoms with E-state index in [2.05, 4.69) is 9.98 Å². The van der Waals surface area contributed by atoms with Crippen LogP contribution >= 0.6 is 23.2 Å². The van der Waals surface area contributed by atoms with Gasteiger partial charge in [-0.3, -0.25) is 0 Å². The average molecular weight is 191 g/mol. The van der Waals surface area contributed by atoms with Crippen LogP contribution in [0, 0.1) is 5.41 Å². The van der Waals surface area contributed by atoms with Crippen LogP contribution in [0.1, 0.15) is 13.8 Å². The second-order valence-electron chi connectivity index (χ2n) is 2.84. The van der Waals surface area contributed by atoms with Crippen LogP contribution in [0.4, 0.5) is 0 Å². The highest BCUT2D eigenvalue weighted by molar-refractivity contribution is 6.72. The van der Waals surface area contributed by atoms with Crippen LogP contribution in [0.3, 0.4) is 0 Å². The first-order valence-electron chi connectivity index (χ1n) is 3.18. The third-order valence-corrected chi connectivity index (χ3v) is 2.15. The molecule has 0 radical (unpaired) electrons. The molecule has 0 fully saturated rings. The molecule has 0 aromatic rings. The summed E-state index contributed by atoms with van der Waals surface area (Å²) in [6.07, 6.45) is 3.47. The van der Waals surface area contributed by atoms with Gasteiger partial charge in [-0.15, -0.1) is 0 Å². The minimum absolute atomic E-state index is 0.178. The molecule has 1 rings (SSSR count). The highest BCUT2D eigenvalue weighted by Crippen LogP contribution is 2.24. The zero-order chi connectivity index (χ0) is 8.48. The smallest absolute Gasteiger partial charge is 0.223 e. The van der Waals surface area contributed by atoms with Crippen LogP contribution in [0.15, 0.2) is 22.3 Å². The van der Waals surface area contributed by atoms with E-state index in [1.165, 1.54) is 0 Å². The van der Waals surface area contributed by atoms with Crippen LogP contribution < -0.4 is 0 Å². The highest BCUT2D eigenvalue weighted by Gasteiger charge is 2.21. The van der Waals surface area contributed by atoms with Crippen LogP contribution in [0.25, 0.3) is 0 Å². The summed E-state index contributed by atoms with van der Waals surface area (Å²) in [5.74, 6) is 0. The number of halogens is 2. The van der Waals surface area contributed by atoms with Crippen molar-refractivity contribution in [1.82, 2.24) is 0 Å². The first kappa shape index (κ1) is 8.75. The van der Waals surface area contributed by atoms with Crippen molar-refractivity contribution in [3.05, 3.63) is 12.3 Å². The number of rotatable bonds is 0. The maximum atomic E-state index is 5.84. The summed E-state index contributed by atoms with van der Waals surface area (Å²) in [7, 11) is 0. The Morgan fingerprint density at radius 3 is 2.64 bits per heavy atom. The van der Waals surface area contributed by atoms with E-state index in [0.29, 0.717) is 5.17 Å². The molecule has 0 atom stereocenters. The van der Waals surface area contributed by atoms with E-state index in [4.69, 9.17) is 23.2 Å². The van der Waals surface area contributed by atoms with Crippen molar-refractivity contribution in [1.29, 1.82) is 0 Å². The molecular weight excluding hydrogens is 183 g/mol. The summed E-state index contributed by atoms with van der Waals surface area (Å²) in [6.45, 7) is 3.89. The van der Waals surface area contributed by atoms with E-state index in [-0.39, 0.29) is 10.7 Å². The van der Waals surface area contributed by atoms with Gasteiger partial charge in [-0.25, -0.2) is 9.98 Å². The standard InChI is InChI=1S/C7H8Cl2N2/c1-7(2)3-4-10-6(9)11-5(7)8/h3-4H,1-2H3. The van der Waals surface area contributed by atoms with Crippen LogP contribution in [0.5, 0.6) is 0 Å². The molecule has 4 heteroatoms. The second-order valence-corrected chi connectivity index (χ2v) is 3.53. The van der Waals surface area contributed by atoms with Crippen LogP contribution in [-0.4, -0.2) is 10.5 Å². The van der Waals surface area contributed by atoms with Gasteiger partial charge in [-0.1, -0.05) is 17.7 Å². The molecule has 0 spiro atoms. The van der Waals surface area contributed by atoms with Gasteiger partial charge < -0.3 is 0 Å². The number of hydrogen-bond donors (Lipinski definition) is 0. The summed E-state index contributed by atoms with van der Waals surface area (Å²) >= 11 is 11.4. The SMILES string of the molecule is CC1(C)C=CN=C(Cl)N=C1Cl. The maximum absolute atomic E-state index is 5.84. The zero-order valence-corrected chi connectivity index (χ0v) is 7.82. The Morgan fingerprint density at radius 1 is 1.36 bits per heavy atom. The summed E-state index contributed by atoms with van der Waals surface area (Å²) in [5.41, 5.74) is -0.262. The van der Waals surface area contributed by atoms with Gasteiger partial charge in [0.2, 0.25) is 5.29 Å². The molecule has 0 aromatic heterocycles. The van der Waals surface area contributed by atoms with Crippen molar-refractivity contribution in [2.45, 2.75) is 13.8 Å². The highest BCUT2D eigenvalue weighted by atomic mass is 35.5. The first-order valence-corrected chi connectivity index (χ1v) is 3.93. The Balaban J connectivity index is 3.05. The van der Waals surface area contributed by atoms with Crippen LogP contribution in [0.2, 0.25) is 0 Å². The van der Waals surface area contributed by atoms with E-state index < -0.39 is 0 Å². The van der Waals surface area contributed by atoms with Gasteiger partial charge in [0.25, 0.3) is 0 Å². The van der Waals surface area contributed by atoms with Gasteiger partial charge in [-0.2, -0.15) is 0 Å². The largest absolute Gasteiger partial charge is 0.227 e. The van der Waals surface area contributed by atoms with Gasteiger partial charge >= 0.3 is 0 Å². The van der Waals surface area contributed by atoms with Crippen molar-refractivity contribution in [2.75, 3.05) is 0 Å². The molecule has 1 aliphatic rings. The first-order chi connectivity index (χ1) is 5.02. The minimum Gasteiger partial charge on any atom is -0.227 e. The molecule has 0 N–H and O–H groups in total. The lowest BCUT2D eigenvalue weighted by atomic mass is 9.95. The summed E-state index contributed by atoms with van der Waals surface area (Å²) in [6, 6.07) is 0. The lowest BCUT2D eigenvalue weighted by Gasteiger charge is -2.15. The molecular formula is C7H8Cl2N2. The van der Waals surface area contributed by atoms with Crippen molar-refractivity contribution in [3.63, 3.8) is 0 Å². The van der Waals surface area contributed by atoms with Gasteiger partial charge in [0.15, 0.2) is 0 Å². The summed E-state index contributed by atoms with van der Waals surface area (Å²) < 4.78 is 0. The quantitative estimate of drug-likeness (QED) is 0.526. The molecule has 0 amide bonds. The molecule has 0 saturated carbocycles. The molecule has 60 valence electrons. The molecule has 0 saturated heterocycles. The Morgan fingerprint density at radius 2 is 2.00 bits per heavy atom. The topological polar surface area (TPSA) is 24.7 Å². The lowest BCUT2D eigenvalue weighted by molar-refractivity contribution is 0.688. The number of allylic oxidation sites excluding steroid dienone is 1. The zero-order valence-electron chi connectivity index (χ0n) is 6.31. The molecule has 0 unspecified atom stereocenters. The lowest BCUT2D eigenvalue weighted by Crippen LogP contribution is -2.16. The predicted octanol–water partition coefficient (Wildman–Crippen LogP) is 2.77. The Kier molecular flexibility index (Phi) is 2.35. The van der Waals surface area contributed by atoms with Crippen LogP contribution in [-0.2, 0) is 0 Å². The molecule has 1 heterocycles. The Labute approximate surface area is 75.6 Å². The number of amidine groups is 1. The Bertz CT molecular complexity index is 251. The third-order valence-electron chi connectivity index (χ3n) is 1.39. The summed E-state index contributed by atoms with van der Waals surface area (Å²) in [4.78, 5) is 7.66. The van der Waals surface area contributed by atoms with E-state index in [0.717, 1.165) is 0 Å². The normalized spacial score (nSPS) is 22.2. The fourth-order valence-corrected chi connectivity index (χ4v) is 0.935. The fraction of sp³-hybridized carbons (Fsp3) is 0.429. The van der Waals surface area contributed by atoms with Crippen molar-refractivity contribution in [2.24, 2.45) is 15.4 Å². The van der Waals surface area contributed by atoms with Crippen molar-refractivity contribution in [3.8, 4) is 0 Å². The third kappa shape index (κ3) is 2.04. The monoisotopic (exact) mass is 190 g/mol. The van der Waals surface area contributed by atoms with E-state index in [1.54, 1.807) is 6.20 Å². The van der Waals surface area contributed by atoms with Gasteiger partial charge in [0.1, 0.15) is 5.17 Å². The van der Waals surface area contributed by atoms with E-state index in [1.807, 2.05) is 19.9 Å². The summed E-state index contributed by atoms with van der Waals surface area (Å²) in [5, 5.41) is 0.636. The van der Waals surface area contributed by atoms with E-state index in [9.17, 15) is 0 Å². The fourth-order valence-electron chi connectivity index (χ4n) is 0.608. The van der Waals surface area contributed by atoms with Gasteiger partial charge in [0.05, 0.1) is 0 Å². The van der Waals surface area contributed by atoms with Crippen molar-refractivity contribution >= 4 is 33.7 Å². The number of hydrogen-bond acceptors (Lipinski definition) is 2.